The van der Waals surface area contributed by atoms with E-state index in [0.29, 0.717) is 0 Å². The Morgan fingerprint density at radius 1 is 1.29 bits per heavy atom. The first-order valence-corrected chi connectivity index (χ1v) is 5.56. The van der Waals surface area contributed by atoms with Crippen LogP contribution in [0.25, 0.3) is 5.70 Å². The molecule has 1 aromatic rings. The van der Waals surface area contributed by atoms with Crippen LogP contribution in [0.1, 0.15) is 18.1 Å². The zero-order chi connectivity index (χ0) is 11.5. The average Bonchev–Trinajstić information content (AvgIpc) is 2.29. The third kappa shape index (κ3) is 2.97. The van der Waals surface area contributed by atoms with E-state index in [1.54, 1.807) is 0 Å². The van der Waals surface area contributed by atoms with Gasteiger partial charge >= 0.3 is 0 Å². The number of allylic oxidation sites excluding steroid dienone is 3. The molecule has 0 fully saturated rings. The molecule has 0 saturated carbocycles. The molecule has 0 amide bonds. The van der Waals surface area contributed by atoms with Crippen LogP contribution >= 0.6 is 0 Å². The van der Waals surface area contributed by atoms with Crippen LogP contribution in [0, 0.1) is 13.0 Å². The van der Waals surface area contributed by atoms with Gasteiger partial charge in [-0.3, -0.25) is 0 Å². The van der Waals surface area contributed by atoms with Crippen LogP contribution in [0.4, 0.5) is 0 Å². The van der Waals surface area contributed by atoms with E-state index in [2.05, 4.69) is 55.7 Å². The van der Waals surface area contributed by atoms with Crippen molar-refractivity contribution in [3.05, 3.63) is 65.9 Å². The molecule has 1 heterocycles. The fourth-order valence-corrected chi connectivity index (χ4v) is 1.95. The molecule has 1 aliphatic heterocycles. The Hall–Kier alpha value is -0.656. The van der Waals surface area contributed by atoms with Gasteiger partial charge in [-0.1, -0.05) is 48.5 Å². The largest absolute Gasteiger partial charge is 0.376 e. The number of nitrogens with zero attached hydrogens (tertiary/aromatic N) is 1. The van der Waals surface area contributed by atoms with Gasteiger partial charge in [-0.05, 0) is 12.6 Å². The zero-order valence-electron chi connectivity index (χ0n) is 10.4. The second kappa shape index (κ2) is 6.32. The van der Waals surface area contributed by atoms with Crippen LogP contribution in [0.15, 0.2) is 48.7 Å². The second-order valence-corrected chi connectivity index (χ2v) is 3.88. The Morgan fingerprint density at radius 2 is 2.00 bits per heavy atom. The van der Waals surface area contributed by atoms with E-state index in [-0.39, 0.29) is 32.7 Å². The van der Waals surface area contributed by atoms with Crippen molar-refractivity contribution in [1.29, 1.82) is 0 Å². The van der Waals surface area contributed by atoms with E-state index < -0.39 is 0 Å². The summed E-state index contributed by atoms with van der Waals surface area (Å²) in [5, 5.41) is 0. The summed E-state index contributed by atoms with van der Waals surface area (Å²) in [4.78, 5) is 2.18. The molecule has 1 radical (unpaired) electrons. The van der Waals surface area contributed by atoms with Crippen molar-refractivity contribution in [1.82, 2.24) is 4.90 Å². The number of rotatable bonds is 2. The predicted octanol–water partition coefficient (Wildman–Crippen LogP) is 3.54. The second-order valence-electron chi connectivity index (χ2n) is 3.88. The monoisotopic (exact) mass is 299 g/mol. The molecule has 0 aliphatic carbocycles. The van der Waals surface area contributed by atoms with Gasteiger partial charge in [-0.15, -0.1) is 12.1 Å². The minimum absolute atomic E-state index is 0. The van der Waals surface area contributed by atoms with E-state index in [4.69, 9.17) is 0 Å². The topological polar surface area (TPSA) is 3.24 Å². The summed E-state index contributed by atoms with van der Waals surface area (Å²) in [6.07, 6.45) is 7.24. The number of benzene rings is 1. The predicted molar refractivity (Wildman–Crippen MR) is 68.5 cm³/mol. The molecule has 85 valence electrons. The van der Waals surface area contributed by atoms with Crippen molar-refractivity contribution < 1.29 is 32.7 Å². The number of likely N-dealkylation sites (N-methyl/N-ethyl adjacent to an activating group) is 1. The maximum atomic E-state index is 4.05. The Morgan fingerprint density at radius 3 is 2.65 bits per heavy atom. The molecule has 1 nitrogen and oxygen atoms in total. The van der Waals surface area contributed by atoms with Crippen LogP contribution in [0.2, 0.25) is 0 Å². The van der Waals surface area contributed by atoms with Gasteiger partial charge in [0, 0.05) is 39.3 Å². The molecule has 17 heavy (non-hydrogen) atoms. The Kier molecular flexibility index (Phi) is 5.36. The number of aryl methyl sites for hydroxylation is 1. The van der Waals surface area contributed by atoms with Crippen LogP contribution in [0.5, 0.6) is 0 Å². The first-order chi connectivity index (χ1) is 7.74. The van der Waals surface area contributed by atoms with Crippen LogP contribution in [-0.4, -0.2) is 11.4 Å². The van der Waals surface area contributed by atoms with Gasteiger partial charge in [0.15, 0.2) is 0 Å². The van der Waals surface area contributed by atoms with E-state index in [0.717, 1.165) is 17.9 Å². The summed E-state index contributed by atoms with van der Waals surface area (Å²) in [7, 11) is 0. The van der Waals surface area contributed by atoms with Gasteiger partial charge in [0.1, 0.15) is 0 Å². The maximum absolute atomic E-state index is 4.05. The van der Waals surface area contributed by atoms with Gasteiger partial charge in [-0.2, -0.15) is 12.2 Å². The first-order valence-electron chi connectivity index (χ1n) is 5.56. The molecule has 0 N–H and O–H groups in total. The van der Waals surface area contributed by atoms with Crippen molar-refractivity contribution in [3.63, 3.8) is 0 Å². The minimum atomic E-state index is 0. The van der Waals surface area contributed by atoms with Crippen molar-refractivity contribution in [3.8, 4) is 0 Å². The van der Waals surface area contributed by atoms with E-state index >= 15 is 0 Å². The van der Waals surface area contributed by atoms with Crippen LogP contribution in [0.3, 0.4) is 0 Å². The van der Waals surface area contributed by atoms with Crippen molar-refractivity contribution in [2.24, 2.45) is 0 Å². The summed E-state index contributed by atoms with van der Waals surface area (Å²) in [6.45, 7) is 9.22. The fraction of sp³-hybridized carbons (Fsp3) is 0.200. The third-order valence-corrected chi connectivity index (χ3v) is 2.83. The van der Waals surface area contributed by atoms with Crippen molar-refractivity contribution in [2.75, 3.05) is 6.54 Å². The van der Waals surface area contributed by atoms with E-state index in [1.165, 1.54) is 11.1 Å². The van der Waals surface area contributed by atoms with Gasteiger partial charge in [0.2, 0.25) is 0 Å². The fourth-order valence-electron chi connectivity index (χ4n) is 1.95. The smallest absolute Gasteiger partial charge is 0.0169 e. The molecule has 1 aliphatic rings. The Bertz CT molecular complexity index is 472. The van der Waals surface area contributed by atoms with Crippen LogP contribution in [-0.2, 0) is 32.7 Å². The summed E-state index contributed by atoms with van der Waals surface area (Å²) in [6, 6.07) is 8.38. The van der Waals surface area contributed by atoms with Gasteiger partial charge in [0.05, 0.1) is 0 Å². The van der Waals surface area contributed by atoms with Gasteiger partial charge < -0.3 is 4.90 Å². The van der Waals surface area contributed by atoms with Crippen LogP contribution < -0.4 is 0 Å². The zero-order valence-corrected chi connectivity index (χ0v) is 13.2. The molecule has 2 rings (SSSR count). The maximum Gasteiger partial charge on any atom is 0.0169 e. The average molecular weight is 299 g/mol. The molecule has 0 bridgehead atoms. The normalized spacial score (nSPS) is 14.4. The summed E-state index contributed by atoms with van der Waals surface area (Å²) in [5.74, 6) is 0. The van der Waals surface area contributed by atoms with E-state index in [9.17, 15) is 0 Å². The Balaban J connectivity index is 0.00000144. The number of hydrogen-bond acceptors (Lipinski definition) is 1. The molecule has 0 aromatic heterocycles. The van der Waals surface area contributed by atoms with Crippen molar-refractivity contribution >= 4 is 5.70 Å². The summed E-state index contributed by atoms with van der Waals surface area (Å²) in [5.41, 5.74) is 4.65. The summed E-state index contributed by atoms with van der Waals surface area (Å²) >= 11 is 0. The Labute approximate surface area is 129 Å². The minimum Gasteiger partial charge on any atom is -0.376 e. The molecule has 1 aromatic carbocycles. The molecule has 0 spiro atoms. The summed E-state index contributed by atoms with van der Waals surface area (Å²) < 4.78 is 0. The molecular weight excluding hydrogens is 283 g/mol. The standard InChI is InChI=1S/C15H16N.Y/c1-4-16-13(3)9-7-11-15(16)14-10-6-5-8-12(14)2;/h5-10H,3-4H2,1-2H3;/q-1;. The quantitative estimate of drug-likeness (QED) is 0.755. The third-order valence-electron chi connectivity index (χ3n) is 2.83. The van der Waals surface area contributed by atoms with Gasteiger partial charge in [-0.25, -0.2) is 0 Å². The molecule has 0 saturated heterocycles. The SMILES string of the molecule is C=C1C=C[C-]=C(c2ccccc2C)N1CC.[Y]. The number of hydrogen-bond donors (Lipinski definition) is 0. The molecule has 0 unspecified atom stereocenters. The van der Waals surface area contributed by atoms with Crippen molar-refractivity contribution in [2.45, 2.75) is 13.8 Å². The molecule has 2 heteroatoms. The first kappa shape index (κ1) is 14.4. The van der Waals surface area contributed by atoms with Gasteiger partial charge in [0.25, 0.3) is 0 Å². The molecule has 0 atom stereocenters. The van der Waals surface area contributed by atoms with E-state index in [1.807, 2.05) is 12.2 Å². The molecular formula is C15H16NY-.